The largest absolute Gasteiger partial charge is 0.494 e. The SMILES string of the molecule is CCOc1ccc(/C=C2/CCC[C@@H]3C2=NN(C(=O)c2ccc(-c4ncc(-c5ccccc5)o4)cc2)[C@@H]3c2ccc(OCC)cc2)cc1. The summed E-state index contributed by atoms with van der Waals surface area (Å²) in [5.41, 5.74) is 6.61. The van der Waals surface area contributed by atoms with Gasteiger partial charge in [0, 0.05) is 22.6 Å². The first kappa shape index (κ1) is 30.2. The molecule has 0 bridgehead atoms. The molecule has 1 aliphatic heterocycles. The number of aromatic nitrogens is 1. The molecule has 0 spiro atoms. The monoisotopic (exact) mass is 623 g/mol. The number of rotatable bonds is 9. The van der Waals surface area contributed by atoms with Crippen molar-refractivity contribution in [2.24, 2.45) is 11.0 Å². The number of fused-ring (bicyclic) bond motifs is 1. The molecule has 1 aromatic heterocycles. The minimum atomic E-state index is -0.225. The number of hydrogen-bond acceptors (Lipinski definition) is 6. The van der Waals surface area contributed by atoms with E-state index < -0.39 is 0 Å². The van der Waals surface area contributed by atoms with Gasteiger partial charge in [0.15, 0.2) is 5.76 Å². The fourth-order valence-corrected chi connectivity index (χ4v) is 6.49. The maximum atomic E-state index is 14.3. The van der Waals surface area contributed by atoms with Gasteiger partial charge >= 0.3 is 0 Å². The number of hydrogen-bond donors (Lipinski definition) is 0. The maximum absolute atomic E-state index is 14.3. The van der Waals surface area contributed by atoms with Gasteiger partial charge in [0.25, 0.3) is 5.91 Å². The summed E-state index contributed by atoms with van der Waals surface area (Å²) in [4.78, 5) is 18.8. The summed E-state index contributed by atoms with van der Waals surface area (Å²) < 4.78 is 17.4. The number of hydrazone groups is 1. The third kappa shape index (κ3) is 6.34. The van der Waals surface area contributed by atoms with Crippen molar-refractivity contribution in [3.63, 3.8) is 0 Å². The van der Waals surface area contributed by atoms with E-state index in [2.05, 4.69) is 35.3 Å². The van der Waals surface area contributed by atoms with Crippen LogP contribution < -0.4 is 9.47 Å². The number of amides is 1. The molecule has 0 radical (unpaired) electrons. The Hall–Kier alpha value is -5.43. The van der Waals surface area contributed by atoms with E-state index in [0.29, 0.717) is 30.4 Å². The summed E-state index contributed by atoms with van der Waals surface area (Å²) in [5, 5.41) is 6.79. The summed E-state index contributed by atoms with van der Waals surface area (Å²) in [7, 11) is 0. The molecule has 1 saturated carbocycles. The minimum absolute atomic E-state index is 0.0857. The predicted molar refractivity (Wildman–Crippen MR) is 184 cm³/mol. The summed E-state index contributed by atoms with van der Waals surface area (Å²) in [6.45, 7) is 5.19. The van der Waals surface area contributed by atoms with Gasteiger partial charge in [-0.3, -0.25) is 4.79 Å². The number of benzene rings is 4. The standard InChI is InChI=1S/C40H37N3O4/c1-3-45-33-21-13-27(14-22-33)25-32-11-8-12-35-37(32)42-43(38(35)29-19-23-34(24-20-29)46-4-2)40(44)31-17-15-30(16-18-31)39-41-26-36(47-39)28-9-6-5-7-10-28/h5-7,9-10,13-26,35,38H,3-4,8,11-12H2,1-2H3/b32-25-/t35-,38-/m1/s1. The highest BCUT2D eigenvalue weighted by molar-refractivity contribution is 6.09. The molecule has 2 heterocycles. The van der Waals surface area contributed by atoms with Crippen LogP contribution in [0.4, 0.5) is 0 Å². The second-order valence-corrected chi connectivity index (χ2v) is 11.7. The first-order valence-corrected chi connectivity index (χ1v) is 16.3. The van der Waals surface area contributed by atoms with Gasteiger partial charge < -0.3 is 13.9 Å². The highest BCUT2D eigenvalue weighted by Gasteiger charge is 2.44. The summed E-state index contributed by atoms with van der Waals surface area (Å²) in [6, 6.07) is 33.3. The number of oxazole rings is 1. The first-order valence-electron chi connectivity index (χ1n) is 16.3. The fourth-order valence-electron chi connectivity index (χ4n) is 6.49. The summed E-state index contributed by atoms with van der Waals surface area (Å²) in [6.07, 6.45) is 6.83. The Balaban J connectivity index is 1.20. The van der Waals surface area contributed by atoms with Crippen LogP contribution in [0, 0.1) is 5.92 Å². The lowest BCUT2D eigenvalue weighted by Gasteiger charge is -2.30. The molecule has 1 fully saturated rings. The normalized spacial score (nSPS) is 18.1. The quantitative estimate of drug-likeness (QED) is 0.164. The van der Waals surface area contributed by atoms with Gasteiger partial charge in [0.1, 0.15) is 11.5 Å². The number of allylic oxidation sites excluding steroid dienone is 1. The van der Waals surface area contributed by atoms with Crippen LogP contribution in [0.5, 0.6) is 11.5 Å². The molecule has 0 unspecified atom stereocenters. The molecule has 236 valence electrons. The van der Waals surface area contributed by atoms with Crippen molar-refractivity contribution in [3.8, 4) is 34.3 Å². The van der Waals surface area contributed by atoms with Gasteiger partial charge in [-0.15, -0.1) is 0 Å². The van der Waals surface area contributed by atoms with Gasteiger partial charge in [-0.25, -0.2) is 9.99 Å². The molecule has 4 aromatic carbocycles. The topological polar surface area (TPSA) is 77.2 Å². The van der Waals surface area contributed by atoms with Crippen LogP contribution in [0.2, 0.25) is 0 Å². The van der Waals surface area contributed by atoms with Gasteiger partial charge in [0.05, 0.1) is 31.2 Å². The lowest BCUT2D eigenvalue weighted by molar-refractivity contribution is 0.0681. The highest BCUT2D eigenvalue weighted by Crippen LogP contribution is 2.45. The van der Waals surface area contributed by atoms with E-state index in [1.54, 1.807) is 11.2 Å². The zero-order valence-corrected chi connectivity index (χ0v) is 26.6. The Bertz CT molecular complexity index is 1890. The molecule has 0 N–H and O–H groups in total. The molecule has 7 heteroatoms. The Morgan fingerprint density at radius 2 is 1.53 bits per heavy atom. The second-order valence-electron chi connectivity index (χ2n) is 11.7. The summed E-state index contributed by atoms with van der Waals surface area (Å²) >= 11 is 0. The molecular formula is C40H37N3O4. The van der Waals surface area contributed by atoms with Crippen LogP contribution in [-0.4, -0.2) is 34.8 Å². The molecule has 1 amide bonds. The second kappa shape index (κ2) is 13.5. The Labute approximate surface area is 275 Å². The summed E-state index contributed by atoms with van der Waals surface area (Å²) in [5.74, 6) is 2.81. The van der Waals surface area contributed by atoms with Crippen LogP contribution in [-0.2, 0) is 0 Å². The molecule has 7 rings (SSSR count). The zero-order chi connectivity index (χ0) is 32.2. The van der Waals surface area contributed by atoms with Crippen LogP contribution in [0.1, 0.15) is 60.6 Å². The van der Waals surface area contributed by atoms with Gasteiger partial charge in [0.2, 0.25) is 5.89 Å². The highest BCUT2D eigenvalue weighted by atomic mass is 16.5. The van der Waals surface area contributed by atoms with Crippen molar-refractivity contribution < 1.29 is 18.7 Å². The van der Waals surface area contributed by atoms with Crippen LogP contribution >= 0.6 is 0 Å². The molecule has 7 nitrogen and oxygen atoms in total. The third-order valence-corrected chi connectivity index (χ3v) is 8.72. The predicted octanol–water partition coefficient (Wildman–Crippen LogP) is 9.24. The molecule has 1 aliphatic carbocycles. The lowest BCUT2D eigenvalue weighted by Crippen LogP contribution is -2.31. The number of ether oxygens (including phenoxy) is 2. The van der Waals surface area contributed by atoms with Crippen molar-refractivity contribution in [1.29, 1.82) is 0 Å². The van der Waals surface area contributed by atoms with E-state index in [1.807, 2.05) is 92.7 Å². The van der Waals surface area contributed by atoms with Crippen LogP contribution in [0.25, 0.3) is 28.9 Å². The van der Waals surface area contributed by atoms with Gasteiger partial charge in [-0.1, -0.05) is 54.6 Å². The molecule has 5 aromatic rings. The van der Waals surface area contributed by atoms with Crippen LogP contribution in [0.3, 0.4) is 0 Å². The first-order chi connectivity index (χ1) is 23.1. The van der Waals surface area contributed by atoms with Crippen molar-refractivity contribution in [3.05, 3.63) is 132 Å². The molecule has 2 aliphatic rings. The lowest BCUT2D eigenvalue weighted by atomic mass is 9.77. The number of carbonyl (C=O) groups is 1. The molecule has 0 saturated heterocycles. The van der Waals surface area contributed by atoms with Gasteiger partial charge in [-0.05, 0) is 104 Å². The number of carbonyl (C=O) groups excluding carboxylic acids is 1. The Kier molecular flexibility index (Phi) is 8.69. The molecular weight excluding hydrogens is 586 g/mol. The van der Waals surface area contributed by atoms with E-state index in [4.69, 9.17) is 19.0 Å². The fraction of sp³-hybridized carbons (Fsp3) is 0.225. The van der Waals surface area contributed by atoms with Crippen molar-refractivity contribution in [2.45, 2.75) is 39.2 Å². The van der Waals surface area contributed by atoms with Crippen molar-refractivity contribution in [1.82, 2.24) is 9.99 Å². The Morgan fingerprint density at radius 3 is 2.21 bits per heavy atom. The molecule has 47 heavy (non-hydrogen) atoms. The van der Waals surface area contributed by atoms with Crippen LogP contribution in [0.15, 0.2) is 124 Å². The van der Waals surface area contributed by atoms with E-state index in [-0.39, 0.29) is 17.9 Å². The third-order valence-electron chi connectivity index (χ3n) is 8.72. The minimum Gasteiger partial charge on any atom is -0.494 e. The smallest absolute Gasteiger partial charge is 0.274 e. The molecule has 2 atom stereocenters. The van der Waals surface area contributed by atoms with Crippen molar-refractivity contribution >= 4 is 17.7 Å². The van der Waals surface area contributed by atoms with E-state index in [9.17, 15) is 4.79 Å². The zero-order valence-electron chi connectivity index (χ0n) is 26.6. The van der Waals surface area contributed by atoms with E-state index >= 15 is 0 Å². The van der Waals surface area contributed by atoms with Crippen molar-refractivity contribution in [2.75, 3.05) is 13.2 Å². The average Bonchev–Trinajstić information content (AvgIpc) is 3.77. The van der Waals surface area contributed by atoms with Gasteiger partial charge in [-0.2, -0.15) is 5.10 Å². The Morgan fingerprint density at radius 1 is 0.851 bits per heavy atom. The average molecular weight is 624 g/mol. The maximum Gasteiger partial charge on any atom is 0.274 e. The van der Waals surface area contributed by atoms with E-state index in [1.165, 1.54) is 5.57 Å². The number of nitrogens with zero attached hydrogens (tertiary/aromatic N) is 3. The van der Waals surface area contributed by atoms with E-state index in [0.717, 1.165) is 58.7 Å².